The zero-order valence-electron chi connectivity index (χ0n) is 11.7. The zero-order valence-corrected chi connectivity index (χ0v) is 11.7. The average Bonchev–Trinajstić information content (AvgIpc) is 2.24. The Morgan fingerprint density at radius 2 is 1.89 bits per heavy atom. The van der Waals surface area contributed by atoms with E-state index in [1.54, 1.807) is 0 Å². The fraction of sp³-hybridized carbons (Fsp3) is 0.857. The Hall–Kier alpha value is -0.900. The van der Waals surface area contributed by atoms with Crippen molar-refractivity contribution in [3.8, 4) is 0 Å². The molecule has 2 rings (SSSR count). The van der Waals surface area contributed by atoms with Crippen LogP contribution in [0.1, 0.15) is 40.0 Å². The monoisotopic (exact) mass is 252 g/mol. The predicted molar refractivity (Wildman–Crippen MR) is 69.9 cm³/mol. The van der Waals surface area contributed by atoms with E-state index in [0.717, 1.165) is 19.5 Å². The van der Waals surface area contributed by atoms with E-state index in [4.69, 9.17) is 0 Å². The van der Waals surface area contributed by atoms with Crippen molar-refractivity contribution in [2.24, 2.45) is 17.3 Å². The van der Waals surface area contributed by atoms with Crippen LogP contribution >= 0.6 is 0 Å². The van der Waals surface area contributed by atoms with Gasteiger partial charge in [0.2, 0.25) is 11.8 Å². The number of nitrogens with one attached hydrogen (secondary N) is 1. The number of hydrogen-bond donors (Lipinski definition) is 1. The van der Waals surface area contributed by atoms with Crippen molar-refractivity contribution in [3.05, 3.63) is 0 Å². The molecule has 102 valence electrons. The molecule has 0 radical (unpaired) electrons. The van der Waals surface area contributed by atoms with Gasteiger partial charge in [-0.15, -0.1) is 0 Å². The molecule has 0 aromatic rings. The number of piperidine rings is 2. The van der Waals surface area contributed by atoms with Crippen LogP contribution in [0, 0.1) is 17.3 Å². The highest BCUT2D eigenvalue weighted by molar-refractivity contribution is 5.98. The molecular formula is C14H24N2O2. The molecule has 0 aliphatic carbocycles. The molecule has 2 unspecified atom stereocenters. The van der Waals surface area contributed by atoms with Crippen LogP contribution in [-0.2, 0) is 9.59 Å². The van der Waals surface area contributed by atoms with Crippen LogP contribution in [0.3, 0.4) is 0 Å². The molecule has 2 fully saturated rings. The molecular weight excluding hydrogens is 228 g/mol. The summed E-state index contributed by atoms with van der Waals surface area (Å²) in [5.41, 5.74) is -0.162. The number of carbonyl (C=O) groups is 2. The van der Waals surface area contributed by atoms with E-state index < -0.39 is 0 Å². The normalized spacial score (nSPS) is 32.7. The van der Waals surface area contributed by atoms with Gasteiger partial charge < -0.3 is 5.32 Å². The Labute approximate surface area is 109 Å². The second kappa shape index (κ2) is 5.00. The van der Waals surface area contributed by atoms with Crippen molar-refractivity contribution in [2.75, 3.05) is 19.6 Å². The topological polar surface area (TPSA) is 49.4 Å². The van der Waals surface area contributed by atoms with Crippen LogP contribution in [0.4, 0.5) is 0 Å². The molecule has 2 aliphatic rings. The van der Waals surface area contributed by atoms with Crippen LogP contribution in [0.5, 0.6) is 0 Å². The van der Waals surface area contributed by atoms with Crippen LogP contribution in [0.25, 0.3) is 0 Å². The average molecular weight is 252 g/mol. The van der Waals surface area contributed by atoms with E-state index >= 15 is 0 Å². The second-order valence-electron chi connectivity index (χ2n) is 6.65. The minimum Gasteiger partial charge on any atom is -0.316 e. The zero-order chi connectivity index (χ0) is 13.3. The number of nitrogens with zero attached hydrogens (tertiary/aromatic N) is 1. The molecule has 0 aromatic carbocycles. The summed E-state index contributed by atoms with van der Waals surface area (Å²) in [5, 5.41) is 3.35. The van der Waals surface area contributed by atoms with Crippen molar-refractivity contribution >= 4 is 11.8 Å². The first kappa shape index (κ1) is 13.5. The first-order chi connectivity index (χ1) is 8.39. The highest BCUT2D eigenvalue weighted by Crippen LogP contribution is 2.32. The van der Waals surface area contributed by atoms with Gasteiger partial charge in [-0.1, -0.05) is 20.8 Å². The number of rotatable bonds is 2. The number of imide groups is 1. The summed E-state index contributed by atoms with van der Waals surface area (Å²) in [5.74, 6) is 1.03. The van der Waals surface area contributed by atoms with Gasteiger partial charge in [-0.25, -0.2) is 0 Å². The van der Waals surface area contributed by atoms with E-state index in [1.807, 2.05) is 13.8 Å². The molecule has 4 heteroatoms. The van der Waals surface area contributed by atoms with Crippen LogP contribution < -0.4 is 5.32 Å². The van der Waals surface area contributed by atoms with E-state index in [2.05, 4.69) is 12.2 Å². The predicted octanol–water partition coefficient (Wildman–Crippen LogP) is 1.41. The quantitative estimate of drug-likeness (QED) is 0.756. The Morgan fingerprint density at radius 3 is 2.44 bits per heavy atom. The smallest absolute Gasteiger partial charge is 0.229 e. The van der Waals surface area contributed by atoms with Crippen molar-refractivity contribution in [1.29, 1.82) is 0 Å². The molecule has 2 atom stereocenters. The van der Waals surface area contributed by atoms with Crippen LogP contribution in [-0.4, -0.2) is 36.3 Å². The van der Waals surface area contributed by atoms with E-state index in [1.165, 1.54) is 4.90 Å². The summed E-state index contributed by atoms with van der Waals surface area (Å²) in [7, 11) is 0. The van der Waals surface area contributed by atoms with Gasteiger partial charge in [-0.05, 0) is 36.8 Å². The number of likely N-dealkylation sites (tertiary alicyclic amines) is 1. The Morgan fingerprint density at radius 1 is 1.28 bits per heavy atom. The van der Waals surface area contributed by atoms with Gasteiger partial charge in [0, 0.05) is 19.4 Å². The largest absolute Gasteiger partial charge is 0.316 e. The molecule has 0 bridgehead atoms. The lowest BCUT2D eigenvalue weighted by Crippen LogP contribution is -2.50. The van der Waals surface area contributed by atoms with E-state index in [0.29, 0.717) is 31.2 Å². The number of hydrogen-bond acceptors (Lipinski definition) is 3. The van der Waals surface area contributed by atoms with Gasteiger partial charge in [-0.2, -0.15) is 0 Å². The lowest BCUT2D eigenvalue weighted by Gasteiger charge is -2.38. The van der Waals surface area contributed by atoms with Gasteiger partial charge in [0.15, 0.2) is 0 Å². The fourth-order valence-electron chi connectivity index (χ4n) is 2.99. The maximum atomic E-state index is 12.1. The molecule has 2 aliphatic heterocycles. The number of amides is 2. The Balaban J connectivity index is 2.00. The minimum absolute atomic E-state index is 0.0157. The van der Waals surface area contributed by atoms with E-state index in [9.17, 15) is 9.59 Å². The maximum Gasteiger partial charge on any atom is 0.229 e. The molecule has 2 amide bonds. The van der Waals surface area contributed by atoms with Gasteiger partial charge in [0.1, 0.15) is 0 Å². The molecule has 4 nitrogen and oxygen atoms in total. The molecule has 18 heavy (non-hydrogen) atoms. The highest BCUT2D eigenvalue weighted by atomic mass is 16.2. The third-order valence-electron chi connectivity index (χ3n) is 4.24. The van der Waals surface area contributed by atoms with Crippen LogP contribution in [0.2, 0.25) is 0 Å². The van der Waals surface area contributed by atoms with E-state index in [-0.39, 0.29) is 17.2 Å². The molecule has 1 N–H and O–H groups in total. The van der Waals surface area contributed by atoms with Crippen molar-refractivity contribution < 1.29 is 9.59 Å². The SMILES string of the molecule is CC1CNCCC1CN1C(=O)CC(C)(C)CC1=O. The molecule has 2 saturated heterocycles. The van der Waals surface area contributed by atoms with Gasteiger partial charge in [0.25, 0.3) is 0 Å². The summed E-state index contributed by atoms with van der Waals surface area (Å²) in [6.07, 6.45) is 2.05. The van der Waals surface area contributed by atoms with Gasteiger partial charge in [0.05, 0.1) is 0 Å². The Bertz CT molecular complexity index is 332. The Kier molecular flexibility index (Phi) is 3.76. The lowest BCUT2D eigenvalue weighted by molar-refractivity contribution is -0.153. The lowest BCUT2D eigenvalue weighted by atomic mass is 9.80. The maximum absolute atomic E-state index is 12.1. The third kappa shape index (κ3) is 2.91. The van der Waals surface area contributed by atoms with Crippen molar-refractivity contribution in [2.45, 2.75) is 40.0 Å². The third-order valence-corrected chi connectivity index (χ3v) is 4.24. The molecule has 0 saturated carbocycles. The summed E-state index contributed by atoms with van der Waals surface area (Å²) >= 11 is 0. The summed E-state index contributed by atoms with van der Waals surface area (Å²) < 4.78 is 0. The first-order valence-corrected chi connectivity index (χ1v) is 6.93. The second-order valence-corrected chi connectivity index (χ2v) is 6.65. The first-order valence-electron chi connectivity index (χ1n) is 6.93. The highest BCUT2D eigenvalue weighted by Gasteiger charge is 2.38. The van der Waals surface area contributed by atoms with Crippen molar-refractivity contribution in [1.82, 2.24) is 10.2 Å². The fourth-order valence-corrected chi connectivity index (χ4v) is 2.99. The minimum atomic E-state index is -0.162. The van der Waals surface area contributed by atoms with Crippen molar-refractivity contribution in [3.63, 3.8) is 0 Å². The summed E-state index contributed by atoms with van der Waals surface area (Å²) in [4.78, 5) is 25.7. The summed E-state index contributed by atoms with van der Waals surface area (Å²) in [6, 6.07) is 0. The molecule has 0 spiro atoms. The van der Waals surface area contributed by atoms with Crippen LogP contribution in [0.15, 0.2) is 0 Å². The standard InChI is InChI=1S/C14H24N2O2/c1-10-8-15-5-4-11(10)9-16-12(17)6-14(2,3)7-13(16)18/h10-11,15H,4-9H2,1-3H3. The molecule has 2 heterocycles. The summed E-state index contributed by atoms with van der Waals surface area (Å²) in [6.45, 7) is 8.79. The van der Waals surface area contributed by atoms with Gasteiger partial charge >= 0.3 is 0 Å². The number of carbonyl (C=O) groups excluding carboxylic acids is 2. The molecule has 0 aromatic heterocycles. The van der Waals surface area contributed by atoms with Gasteiger partial charge in [-0.3, -0.25) is 14.5 Å².